The van der Waals surface area contributed by atoms with E-state index in [1.54, 1.807) is 6.08 Å². The molecule has 0 aliphatic carbocycles. The number of rotatable bonds is 3. The van der Waals surface area contributed by atoms with Gasteiger partial charge in [0, 0.05) is 13.2 Å². The number of hydrogen-bond donors (Lipinski definition) is 0. The molecule has 11 heavy (non-hydrogen) atoms. The predicted octanol–water partition coefficient (Wildman–Crippen LogP) is 1.14. The molecule has 0 N–H and O–H groups in total. The molecule has 1 aliphatic heterocycles. The Hall–Kier alpha value is -0.660. The zero-order chi connectivity index (χ0) is 7.94. The Balaban J connectivity index is 2.09. The average Bonchev–Trinajstić information content (AvgIpc) is 2.07. The van der Waals surface area contributed by atoms with Crippen LogP contribution in [0.15, 0.2) is 4.99 Å². The van der Waals surface area contributed by atoms with Crippen molar-refractivity contribution < 1.29 is 9.53 Å². The van der Waals surface area contributed by atoms with Gasteiger partial charge in [-0.05, 0) is 25.2 Å². The number of isocyanates is 1. The lowest BCUT2D eigenvalue weighted by atomic mass is 9.99. The minimum absolute atomic E-state index is 0.609. The van der Waals surface area contributed by atoms with E-state index in [9.17, 15) is 4.79 Å². The second-order valence-electron chi connectivity index (χ2n) is 2.84. The molecule has 0 aromatic heterocycles. The Morgan fingerprint density at radius 1 is 1.64 bits per heavy atom. The van der Waals surface area contributed by atoms with Gasteiger partial charge in [-0.15, -0.1) is 0 Å². The van der Waals surface area contributed by atoms with Crippen molar-refractivity contribution in [1.82, 2.24) is 0 Å². The molecule has 3 heteroatoms. The Morgan fingerprint density at radius 2 is 2.55 bits per heavy atom. The van der Waals surface area contributed by atoms with Crippen molar-refractivity contribution in [2.24, 2.45) is 10.9 Å². The van der Waals surface area contributed by atoms with Gasteiger partial charge in [-0.3, -0.25) is 0 Å². The summed E-state index contributed by atoms with van der Waals surface area (Å²) in [5.74, 6) is 0.612. The van der Waals surface area contributed by atoms with Gasteiger partial charge in [-0.25, -0.2) is 9.79 Å². The highest BCUT2D eigenvalue weighted by molar-refractivity contribution is 5.32. The largest absolute Gasteiger partial charge is 0.381 e. The second-order valence-corrected chi connectivity index (χ2v) is 2.84. The van der Waals surface area contributed by atoms with Crippen LogP contribution in [0.4, 0.5) is 0 Å². The maximum Gasteiger partial charge on any atom is 0.234 e. The first-order chi connectivity index (χ1) is 5.43. The summed E-state index contributed by atoms with van der Waals surface area (Å²) in [6, 6.07) is 0. The summed E-state index contributed by atoms with van der Waals surface area (Å²) in [7, 11) is 0. The van der Waals surface area contributed by atoms with Crippen molar-refractivity contribution in [3.8, 4) is 0 Å². The van der Waals surface area contributed by atoms with Gasteiger partial charge in [0.2, 0.25) is 6.08 Å². The highest BCUT2D eigenvalue weighted by Gasteiger charge is 2.12. The van der Waals surface area contributed by atoms with Gasteiger partial charge in [0.15, 0.2) is 0 Å². The van der Waals surface area contributed by atoms with Gasteiger partial charge in [0.25, 0.3) is 0 Å². The van der Waals surface area contributed by atoms with Crippen molar-refractivity contribution in [3.63, 3.8) is 0 Å². The first-order valence-electron chi connectivity index (χ1n) is 4.05. The van der Waals surface area contributed by atoms with E-state index in [-0.39, 0.29) is 0 Å². The van der Waals surface area contributed by atoms with Crippen LogP contribution in [0.5, 0.6) is 0 Å². The molecule has 62 valence electrons. The molecule has 1 atom stereocenters. The van der Waals surface area contributed by atoms with Crippen molar-refractivity contribution in [2.75, 3.05) is 19.8 Å². The van der Waals surface area contributed by atoms with Crippen molar-refractivity contribution in [3.05, 3.63) is 0 Å². The van der Waals surface area contributed by atoms with Crippen molar-refractivity contribution in [1.29, 1.82) is 0 Å². The minimum atomic E-state index is 0.609. The van der Waals surface area contributed by atoms with E-state index in [1.165, 1.54) is 6.42 Å². The number of nitrogens with zero attached hydrogens (tertiary/aromatic N) is 1. The van der Waals surface area contributed by atoms with E-state index in [0.29, 0.717) is 12.5 Å². The third-order valence-electron chi connectivity index (χ3n) is 1.97. The Bertz CT molecular complexity index is 146. The van der Waals surface area contributed by atoms with E-state index < -0.39 is 0 Å². The smallest absolute Gasteiger partial charge is 0.234 e. The van der Waals surface area contributed by atoms with Crippen LogP contribution in [0, 0.1) is 5.92 Å². The average molecular weight is 155 g/mol. The number of ether oxygens (including phenoxy) is 1. The number of aliphatic imine (C=N–C) groups is 1. The van der Waals surface area contributed by atoms with Crippen LogP contribution in [0.3, 0.4) is 0 Å². The van der Waals surface area contributed by atoms with Crippen molar-refractivity contribution in [2.45, 2.75) is 19.3 Å². The predicted molar refractivity (Wildman–Crippen MR) is 41.1 cm³/mol. The van der Waals surface area contributed by atoms with Gasteiger partial charge in [-0.1, -0.05) is 0 Å². The summed E-state index contributed by atoms with van der Waals surface area (Å²) in [5.41, 5.74) is 0. The lowest BCUT2D eigenvalue weighted by molar-refractivity contribution is 0.0527. The third kappa shape index (κ3) is 3.30. The van der Waals surface area contributed by atoms with Crippen LogP contribution >= 0.6 is 0 Å². The van der Waals surface area contributed by atoms with Gasteiger partial charge < -0.3 is 4.74 Å². The Morgan fingerprint density at radius 3 is 3.18 bits per heavy atom. The fourth-order valence-electron chi connectivity index (χ4n) is 1.33. The van der Waals surface area contributed by atoms with E-state index in [0.717, 1.165) is 26.1 Å². The lowest BCUT2D eigenvalue weighted by Crippen LogP contribution is -2.17. The minimum Gasteiger partial charge on any atom is -0.381 e. The fourth-order valence-corrected chi connectivity index (χ4v) is 1.33. The monoisotopic (exact) mass is 155 g/mol. The molecule has 0 amide bonds. The first-order valence-corrected chi connectivity index (χ1v) is 4.05. The zero-order valence-corrected chi connectivity index (χ0v) is 6.58. The number of carbonyl (C=O) groups excluding carboxylic acids is 1. The Labute approximate surface area is 66.5 Å². The SMILES string of the molecule is O=C=NCCC1CCCOC1. The third-order valence-corrected chi connectivity index (χ3v) is 1.97. The zero-order valence-electron chi connectivity index (χ0n) is 6.58. The summed E-state index contributed by atoms with van der Waals surface area (Å²) in [6.07, 6.45) is 4.87. The van der Waals surface area contributed by atoms with E-state index in [1.807, 2.05) is 0 Å². The molecule has 3 nitrogen and oxygen atoms in total. The quantitative estimate of drug-likeness (QED) is 0.453. The number of hydrogen-bond acceptors (Lipinski definition) is 3. The standard InChI is InChI=1S/C8H13NO2/c10-7-9-4-3-8-2-1-5-11-6-8/h8H,1-6H2. The fraction of sp³-hybridized carbons (Fsp3) is 0.875. The lowest BCUT2D eigenvalue weighted by Gasteiger charge is -2.20. The first kappa shape index (κ1) is 8.44. The summed E-state index contributed by atoms with van der Waals surface area (Å²) >= 11 is 0. The summed E-state index contributed by atoms with van der Waals surface area (Å²) in [4.78, 5) is 13.2. The van der Waals surface area contributed by atoms with Gasteiger partial charge in [0.1, 0.15) is 0 Å². The van der Waals surface area contributed by atoms with Crippen molar-refractivity contribution >= 4 is 6.08 Å². The van der Waals surface area contributed by atoms with Crippen LogP contribution in [-0.2, 0) is 9.53 Å². The molecule has 1 saturated heterocycles. The van der Waals surface area contributed by atoms with Crippen LogP contribution in [0.2, 0.25) is 0 Å². The molecular weight excluding hydrogens is 142 g/mol. The molecule has 0 spiro atoms. The summed E-state index contributed by atoms with van der Waals surface area (Å²) in [5, 5.41) is 0. The van der Waals surface area contributed by atoms with E-state index in [4.69, 9.17) is 4.74 Å². The van der Waals surface area contributed by atoms with Crippen LogP contribution in [0.25, 0.3) is 0 Å². The maximum atomic E-state index is 9.72. The van der Waals surface area contributed by atoms with Gasteiger partial charge >= 0.3 is 0 Å². The maximum absolute atomic E-state index is 9.72. The normalized spacial score (nSPS) is 24.2. The summed E-state index contributed by atoms with van der Waals surface area (Å²) < 4.78 is 5.27. The van der Waals surface area contributed by atoms with Crippen LogP contribution < -0.4 is 0 Å². The highest BCUT2D eigenvalue weighted by Crippen LogP contribution is 2.16. The second kappa shape index (κ2) is 5.05. The Kier molecular flexibility index (Phi) is 3.87. The van der Waals surface area contributed by atoms with Gasteiger partial charge in [0.05, 0.1) is 6.54 Å². The van der Waals surface area contributed by atoms with Crippen LogP contribution in [0.1, 0.15) is 19.3 Å². The molecule has 1 heterocycles. The molecule has 0 aromatic carbocycles. The molecule has 1 rings (SSSR count). The van der Waals surface area contributed by atoms with E-state index in [2.05, 4.69) is 4.99 Å². The molecule has 0 aromatic rings. The van der Waals surface area contributed by atoms with E-state index >= 15 is 0 Å². The van der Waals surface area contributed by atoms with Crippen LogP contribution in [-0.4, -0.2) is 25.8 Å². The molecule has 0 bridgehead atoms. The molecule has 1 fully saturated rings. The summed E-state index contributed by atoms with van der Waals surface area (Å²) in [6.45, 7) is 2.35. The topological polar surface area (TPSA) is 38.7 Å². The molecular formula is C8H13NO2. The molecule has 0 saturated carbocycles. The molecule has 1 aliphatic rings. The molecule has 0 radical (unpaired) electrons. The van der Waals surface area contributed by atoms with Gasteiger partial charge in [-0.2, -0.15) is 0 Å². The molecule has 1 unspecified atom stereocenters. The highest BCUT2D eigenvalue weighted by atomic mass is 16.5.